The summed E-state index contributed by atoms with van der Waals surface area (Å²) in [6.07, 6.45) is 0.534. The van der Waals surface area contributed by atoms with Gasteiger partial charge >= 0.3 is 6.03 Å². The summed E-state index contributed by atoms with van der Waals surface area (Å²) in [5.74, 6) is 1.03. The molecule has 0 fully saturated rings. The Bertz CT molecular complexity index is 701. The number of amides is 2. The summed E-state index contributed by atoms with van der Waals surface area (Å²) in [6, 6.07) is 15.0. The van der Waals surface area contributed by atoms with Gasteiger partial charge in [-0.25, -0.2) is 4.79 Å². The first-order valence-electron chi connectivity index (χ1n) is 8.47. The highest BCUT2D eigenvalue weighted by molar-refractivity contribution is 5.90. The minimum absolute atomic E-state index is 0.0480. The molecule has 0 radical (unpaired) electrons. The molecule has 0 aromatic heterocycles. The molecule has 0 aliphatic rings. The molecule has 25 heavy (non-hydrogen) atoms. The van der Waals surface area contributed by atoms with Gasteiger partial charge in [0.2, 0.25) is 0 Å². The summed E-state index contributed by atoms with van der Waals surface area (Å²) >= 11 is 0. The maximum absolute atomic E-state index is 12.2. The monoisotopic (exact) mass is 342 g/mol. The SMILES string of the molecule is COc1ccccc1-c1cccc(NC(=O)NC(CCO)C(C)C)c1. The number of hydrogen-bond acceptors (Lipinski definition) is 3. The van der Waals surface area contributed by atoms with Crippen LogP contribution in [0.1, 0.15) is 20.3 Å². The molecule has 1 unspecified atom stereocenters. The fraction of sp³-hybridized carbons (Fsp3) is 0.350. The molecule has 2 amide bonds. The Kier molecular flexibility index (Phi) is 6.83. The molecule has 0 bridgehead atoms. The predicted octanol–water partition coefficient (Wildman–Crippen LogP) is 3.89. The van der Waals surface area contributed by atoms with E-state index in [-0.39, 0.29) is 24.6 Å². The first-order chi connectivity index (χ1) is 12.0. The fourth-order valence-corrected chi connectivity index (χ4v) is 2.69. The number of hydrogen-bond donors (Lipinski definition) is 3. The maximum Gasteiger partial charge on any atom is 0.319 e. The smallest absolute Gasteiger partial charge is 0.319 e. The van der Waals surface area contributed by atoms with Crippen LogP contribution in [-0.4, -0.2) is 30.9 Å². The molecule has 0 saturated heterocycles. The number of ether oxygens (including phenoxy) is 1. The van der Waals surface area contributed by atoms with Crippen LogP contribution in [0.2, 0.25) is 0 Å². The number of para-hydroxylation sites is 1. The van der Waals surface area contributed by atoms with Crippen LogP contribution >= 0.6 is 0 Å². The summed E-state index contributed by atoms with van der Waals surface area (Å²) in [6.45, 7) is 4.08. The van der Waals surface area contributed by atoms with Crippen LogP contribution in [0.3, 0.4) is 0 Å². The predicted molar refractivity (Wildman–Crippen MR) is 101 cm³/mol. The highest BCUT2D eigenvalue weighted by atomic mass is 16.5. The fourth-order valence-electron chi connectivity index (χ4n) is 2.69. The molecule has 5 nitrogen and oxygen atoms in total. The number of anilines is 1. The Balaban J connectivity index is 2.12. The number of aliphatic hydroxyl groups excluding tert-OH is 1. The quantitative estimate of drug-likeness (QED) is 0.715. The number of benzene rings is 2. The minimum Gasteiger partial charge on any atom is -0.496 e. The van der Waals surface area contributed by atoms with Crippen molar-refractivity contribution in [3.63, 3.8) is 0 Å². The molecule has 5 heteroatoms. The Morgan fingerprint density at radius 3 is 2.60 bits per heavy atom. The second-order valence-corrected chi connectivity index (χ2v) is 6.24. The summed E-state index contributed by atoms with van der Waals surface area (Å²) in [4.78, 5) is 12.2. The highest BCUT2D eigenvalue weighted by Gasteiger charge is 2.15. The number of aliphatic hydroxyl groups is 1. The van der Waals surface area contributed by atoms with Crippen LogP contribution in [0.15, 0.2) is 48.5 Å². The van der Waals surface area contributed by atoms with E-state index in [1.807, 2.05) is 62.4 Å². The van der Waals surface area contributed by atoms with E-state index in [1.54, 1.807) is 7.11 Å². The van der Waals surface area contributed by atoms with Crippen molar-refractivity contribution in [3.05, 3.63) is 48.5 Å². The highest BCUT2D eigenvalue weighted by Crippen LogP contribution is 2.30. The van der Waals surface area contributed by atoms with E-state index in [9.17, 15) is 4.79 Å². The van der Waals surface area contributed by atoms with E-state index in [0.29, 0.717) is 12.1 Å². The van der Waals surface area contributed by atoms with Gasteiger partial charge < -0.3 is 20.5 Å². The van der Waals surface area contributed by atoms with E-state index in [0.717, 1.165) is 16.9 Å². The molecular formula is C20H26N2O3. The number of rotatable bonds is 7. The Morgan fingerprint density at radius 1 is 1.16 bits per heavy atom. The third-order valence-electron chi connectivity index (χ3n) is 4.10. The maximum atomic E-state index is 12.2. The van der Waals surface area contributed by atoms with Crippen LogP contribution in [0.5, 0.6) is 5.75 Å². The van der Waals surface area contributed by atoms with Crippen molar-refractivity contribution in [2.24, 2.45) is 5.92 Å². The van der Waals surface area contributed by atoms with Gasteiger partial charge in [0.1, 0.15) is 5.75 Å². The van der Waals surface area contributed by atoms with E-state index in [4.69, 9.17) is 9.84 Å². The van der Waals surface area contributed by atoms with Crippen molar-refractivity contribution < 1.29 is 14.6 Å². The molecule has 2 rings (SSSR count). The second kappa shape index (κ2) is 9.08. The summed E-state index contributed by atoms with van der Waals surface area (Å²) < 4.78 is 5.40. The van der Waals surface area contributed by atoms with Gasteiger partial charge in [0, 0.05) is 23.9 Å². The third kappa shape index (κ3) is 5.22. The van der Waals surface area contributed by atoms with Crippen molar-refractivity contribution in [1.29, 1.82) is 0 Å². The number of methoxy groups -OCH3 is 1. The first kappa shape index (κ1) is 18.8. The molecule has 3 N–H and O–H groups in total. The molecule has 134 valence electrons. The second-order valence-electron chi connectivity index (χ2n) is 6.24. The van der Waals surface area contributed by atoms with Gasteiger partial charge in [0.15, 0.2) is 0 Å². The average Bonchev–Trinajstić information content (AvgIpc) is 2.61. The van der Waals surface area contributed by atoms with Crippen molar-refractivity contribution in [2.75, 3.05) is 19.0 Å². The number of carbonyl (C=O) groups excluding carboxylic acids is 1. The third-order valence-corrected chi connectivity index (χ3v) is 4.10. The lowest BCUT2D eigenvalue weighted by atomic mass is 10.0. The molecule has 0 aliphatic carbocycles. The molecule has 0 spiro atoms. The van der Waals surface area contributed by atoms with Gasteiger partial charge in [-0.3, -0.25) is 0 Å². The van der Waals surface area contributed by atoms with Crippen LogP contribution in [-0.2, 0) is 0 Å². The van der Waals surface area contributed by atoms with Crippen molar-refractivity contribution in [1.82, 2.24) is 5.32 Å². The van der Waals surface area contributed by atoms with E-state index in [1.165, 1.54) is 0 Å². The van der Waals surface area contributed by atoms with Crippen molar-refractivity contribution in [3.8, 4) is 16.9 Å². The van der Waals surface area contributed by atoms with Crippen LogP contribution in [0, 0.1) is 5.92 Å². The van der Waals surface area contributed by atoms with Gasteiger partial charge in [0.05, 0.1) is 7.11 Å². The van der Waals surface area contributed by atoms with Gasteiger partial charge in [-0.2, -0.15) is 0 Å². The average molecular weight is 342 g/mol. The Labute approximate surface area is 149 Å². The van der Waals surface area contributed by atoms with Gasteiger partial charge in [-0.15, -0.1) is 0 Å². The zero-order chi connectivity index (χ0) is 18.2. The molecular weight excluding hydrogens is 316 g/mol. The molecule has 1 atom stereocenters. The Morgan fingerprint density at radius 2 is 1.92 bits per heavy atom. The Hall–Kier alpha value is -2.53. The van der Waals surface area contributed by atoms with Crippen molar-refractivity contribution in [2.45, 2.75) is 26.3 Å². The summed E-state index contributed by atoms with van der Waals surface area (Å²) in [7, 11) is 1.64. The zero-order valence-electron chi connectivity index (χ0n) is 15.0. The van der Waals surface area contributed by atoms with Crippen LogP contribution < -0.4 is 15.4 Å². The van der Waals surface area contributed by atoms with Crippen molar-refractivity contribution >= 4 is 11.7 Å². The van der Waals surface area contributed by atoms with Gasteiger partial charge in [-0.1, -0.05) is 44.2 Å². The molecule has 0 aliphatic heterocycles. The first-order valence-corrected chi connectivity index (χ1v) is 8.47. The van der Waals surface area contributed by atoms with Gasteiger partial charge in [0.25, 0.3) is 0 Å². The zero-order valence-corrected chi connectivity index (χ0v) is 15.0. The normalized spacial score (nSPS) is 11.9. The topological polar surface area (TPSA) is 70.6 Å². The minimum atomic E-state index is -0.274. The number of nitrogens with one attached hydrogen (secondary N) is 2. The molecule has 0 saturated carbocycles. The van der Waals surface area contributed by atoms with Crippen LogP contribution in [0.4, 0.5) is 10.5 Å². The summed E-state index contributed by atoms with van der Waals surface area (Å²) in [5, 5.41) is 14.9. The van der Waals surface area contributed by atoms with E-state index >= 15 is 0 Å². The lowest BCUT2D eigenvalue weighted by molar-refractivity contribution is 0.227. The largest absolute Gasteiger partial charge is 0.496 e. The van der Waals surface area contributed by atoms with E-state index in [2.05, 4.69) is 10.6 Å². The molecule has 2 aromatic carbocycles. The number of urea groups is 1. The standard InChI is InChI=1S/C20H26N2O3/c1-14(2)18(11-12-23)22-20(24)21-16-8-6-7-15(13-16)17-9-4-5-10-19(17)25-3/h4-10,13-14,18,23H,11-12H2,1-3H3,(H2,21,22,24). The lowest BCUT2D eigenvalue weighted by Gasteiger charge is -2.21. The number of carbonyl (C=O) groups is 1. The molecule has 2 aromatic rings. The van der Waals surface area contributed by atoms with Crippen LogP contribution in [0.25, 0.3) is 11.1 Å². The molecule has 0 heterocycles. The lowest BCUT2D eigenvalue weighted by Crippen LogP contribution is -2.41. The van der Waals surface area contributed by atoms with Gasteiger partial charge in [-0.05, 0) is 36.1 Å². The summed E-state index contributed by atoms with van der Waals surface area (Å²) in [5.41, 5.74) is 2.63. The van der Waals surface area contributed by atoms with E-state index < -0.39 is 0 Å².